The van der Waals surface area contributed by atoms with Crippen molar-refractivity contribution in [1.29, 1.82) is 0 Å². The van der Waals surface area contributed by atoms with E-state index < -0.39 is 9.84 Å². The first kappa shape index (κ1) is 22.6. The number of carbonyl (C=O) groups is 1. The molecule has 2 heterocycles. The molecule has 8 heteroatoms. The molecule has 1 unspecified atom stereocenters. The van der Waals surface area contributed by atoms with Gasteiger partial charge in [0.1, 0.15) is 0 Å². The predicted molar refractivity (Wildman–Crippen MR) is 129 cm³/mol. The van der Waals surface area contributed by atoms with Crippen molar-refractivity contribution in [2.24, 2.45) is 0 Å². The normalized spacial score (nSPS) is 17.5. The van der Waals surface area contributed by atoms with E-state index in [1.165, 1.54) is 17.3 Å². The third kappa shape index (κ3) is 4.91. The fraction of sp³-hybridized carbons (Fsp3) is 0.333. The van der Waals surface area contributed by atoms with Crippen LogP contribution in [0.15, 0.2) is 72.1 Å². The summed E-state index contributed by atoms with van der Waals surface area (Å²) in [5.41, 5.74) is 2.99. The van der Waals surface area contributed by atoms with Crippen LogP contribution >= 0.6 is 11.8 Å². The minimum absolute atomic E-state index is 0.00862. The molecule has 0 aliphatic carbocycles. The molecule has 0 spiro atoms. The van der Waals surface area contributed by atoms with E-state index >= 15 is 0 Å². The van der Waals surface area contributed by atoms with Crippen LogP contribution in [0.2, 0.25) is 0 Å². The highest BCUT2D eigenvalue weighted by Crippen LogP contribution is 2.29. The van der Waals surface area contributed by atoms with E-state index in [-0.39, 0.29) is 29.2 Å². The third-order valence-corrected chi connectivity index (χ3v) is 8.33. The van der Waals surface area contributed by atoms with E-state index in [0.717, 1.165) is 16.5 Å². The van der Waals surface area contributed by atoms with E-state index in [1.807, 2.05) is 53.2 Å². The molecule has 1 saturated heterocycles. The SMILES string of the molecule is CC(C)c1ccccc1-n1ccnc1SCC(=O)N(c1ccccc1)C1CCS(=O)(=O)C1. The number of carbonyl (C=O) groups excluding carboxylic acids is 1. The van der Waals surface area contributed by atoms with Crippen molar-refractivity contribution in [2.75, 3.05) is 22.2 Å². The summed E-state index contributed by atoms with van der Waals surface area (Å²) in [7, 11) is -3.11. The molecule has 1 fully saturated rings. The number of rotatable bonds is 7. The molecule has 1 aliphatic heterocycles. The van der Waals surface area contributed by atoms with Crippen molar-refractivity contribution in [1.82, 2.24) is 9.55 Å². The van der Waals surface area contributed by atoms with Crippen LogP contribution in [0.25, 0.3) is 5.69 Å². The first-order valence-electron chi connectivity index (χ1n) is 10.7. The number of para-hydroxylation sites is 2. The molecule has 0 N–H and O–H groups in total. The Bertz CT molecular complexity index is 1190. The van der Waals surface area contributed by atoms with Crippen LogP contribution in [0.1, 0.15) is 31.7 Å². The Hall–Kier alpha value is -2.58. The van der Waals surface area contributed by atoms with Gasteiger partial charge in [-0.3, -0.25) is 9.36 Å². The van der Waals surface area contributed by atoms with Crippen LogP contribution in [0.4, 0.5) is 5.69 Å². The lowest BCUT2D eigenvalue weighted by Crippen LogP contribution is -2.42. The Balaban J connectivity index is 1.56. The van der Waals surface area contributed by atoms with Gasteiger partial charge in [0.05, 0.1) is 29.0 Å². The van der Waals surface area contributed by atoms with Crippen LogP contribution in [-0.2, 0) is 14.6 Å². The number of benzene rings is 2. The molecule has 2 aromatic carbocycles. The summed E-state index contributed by atoms with van der Waals surface area (Å²) in [5.74, 6) is 0.541. The quantitative estimate of drug-likeness (QED) is 0.482. The van der Waals surface area contributed by atoms with Gasteiger partial charge in [0.25, 0.3) is 0 Å². The summed E-state index contributed by atoms with van der Waals surface area (Å²) < 4.78 is 26.2. The van der Waals surface area contributed by atoms with Gasteiger partial charge in [-0.05, 0) is 36.1 Å². The van der Waals surface area contributed by atoms with Crippen LogP contribution in [0.5, 0.6) is 0 Å². The van der Waals surface area contributed by atoms with Crippen molar-refractivity contribution in [2.45, 2.75) is 37.4 Å². The van der Waals surface area contributed by atoms with Crippen LogP contribution in [0.3, 0.4) is 0 Å². The lowest BCUT2D eigenvalue weighted by Gasteiger charge is -2.28. The van der Waals surface area contributed by atoms with Crippen LogP contribution < -0.4 is 4.90 Å². The largest absolute Gasteiger partial charge is 0.308 e. The maximum atomic E-state index is 13.3. The maximum Gasteiger partial charge on any atom is 0.237 e. The van der Waals surface area contributed by atoms with E-state index in [2.05, 4.69) is 31.0 Å². The molecule has 0 radical (unpaired) electrons. The summed E-state index contributed by atoms with van der Waals surface area (Å²) in [6.07, 6.45) is 4.11. The molecule has 1 aliphatic rings. The van der Waals surface area contributed by atoms with Gasteiger partial charge in [-0.25, -0.2) is 13.4 Å². The monoisotopic (exact) mass is 469 g/mol. The smallest absolute Gasteiger partial charge is 0.237 e. The number of thioether (sulfide) groups is 1. The highest BCUT2D eigenvalue weighted by atomic mass is 32.2. The number of imidazole rings is 1. The van der Waals surface area contributed by atoms with Gasteiger partial charge in [-0.15, -0.1) is 0 Å². The number of sulfone groups is 1. The van der Waals surface area contributed by atoms with Gasteiger partial charge in [0, 0.05) is 18.1 Å². The zero-order valence-electron chi connectivity index (χ0n) is 18.2. The van der Waals surface area contributed by atoms with E-state index in [4.69, 9.17) is 0 Å². The molecule has 0 bridgehead atoms. The number of hydrogen-bond acceptors (Lipinski definition) is 5. The summed E-state index contributed by atoms with van der Waals surface area (Å²) in [4.78, 5) is 19.5. The van der Waals surface area contributed by atoms with Gasteiger partial charge < -0.3 is 4.90 Å². The van der Waals surface area contributed by atoms with Gasteiger partial charge >= 0.3 is 0 Å². The zero-order valence-corrected chi connectivity index (χ0v) is 19.8. The predicted octanol–water partition coefficient (Wildman–Crippen LogP) is 4.31. The number of amides is 1. The molecular formula is C24H27N3O3S2. The molecule has 168 valence electrons. The fourth-order valence-electron chi connectivity index (χ4n) is 4.10. The second kappa shape index (κ2) is 9.50. The zero-order chi connectivity index (χ0) is 22.7. The second-order valence-corrected chi connectivity index (χ2v) is 11.4. The molecule has 1 atom stereocenters. The number of hydrogen-bond donors (Lipinski definition) is 0. The molecular weight excluding hydrogens is 442 g/mol. The van der Waals surface area contributed by atoms with E-state index in [9.17, 15) is 13.2 Å². The minimum atomic E-state index is -3.11. The third-order valence-electron chi connectivity index (χ3n) is 5.63. The van der Waals surface area contributed by atoms with Gasteiger partial charge in [0.2, 0.25) is 5.91 Å². The van der Waals surface area contributed by atoms with Gasteiger partial charge in [-0.2, -0.15) is 0 Å². The maximum absolute atomic E-state index is 13.3. The number of anilines is 1. The molecule has 4 rings (SSSR count). The first-order chi connectivity index (χ1) is 15.4. The van der Waals surface area contributed by atoms with Crippen LogP contribution in [-0.4, -0.2) is 47.2 Å². The summed E-state index contributed by atoms with van der Waals surface area (Å²) >= 11 is 1.37. The lowest BCUT2D eigenvalue weighted by atomic mass is 10.0. The van der Waals surface area contributed by atoms with E-state index in [0.29, 0.717) is 12.3 Å². The van der Waals surface area contributed by atoms with Crippen molar-refractivity contribution in [3.8, 4) is 5.69 Å². The number of aromatic nitrogens is 2. The average molecular weight is 470 g/mol. The minimum Gasteiger partial charge on any atom is -0.308 e. The number of nitrogens with zero attached hydrogens (tertiary/aromatic N) is 3. The van der Waals surface area contributed by atoms with Crippen molar-refractivity contribution in [3.05, 3.63) is 72.6 Å². The topological polar surface area (TPSA) is 72.3 Å². The van der Waals surface area contributed by atoms with Gasteiger partial charge in [0.15, 0.2) is 15.0 Å². The lowest BCUT2D eigenvalue weighted by molar-refractivity contribution is -0.116. The van der Waals surface area contributed by atoms with Crippen molar-refractivity contribution >= 4 is 33.2 Å². The summed E-state index contributed by atoms with van der Waals surface area (Å²) in [5, 5.41) is 0.735. The molecule has 6 nitrogen and oxygen atoms in total. The molecule has 32 heavy (non-hydrogen) atoms. The molecule has 1 aromatic heterocycles. The summed E-state index contributed by atoms with van der Waals surface area (Å²) in [6, 6.07) is 17.2. The standard InChI is InChI=1S/C24H27N3O3S2/c1-18(2)21-10-6-7-11-22(21)26-14-13-25-24(26)31-16-23(28)27(19-8-4-3-5-9-19)20-12-15-32(29,30)17-20/h3-11,13-14,18,20H,12,15-17H2,1-2H3. The highest BCUT2D eigenvalue weighted by Gasteiger charge is 2.35. The highest BCUT2D eigenvalue weighted by molar-refractivity contribution is 7.99. The second-order valence-electron chi connectivity index (χ2n) is 8.24. The van der Waals surface area contributed by atoms with Crippen molar-refractivity contribution < 1.29 is 13.2 Å². The molecule has 0 saturated carbocycles. The fourth-order valence-corrected chi connectivity index (χ4v) is 6.62. The Kier molecular flexibility index (Phi) is 6.71. The van der Waals surface area contributed by atoms with Crippen molar-refractivity contribution in [3.63, 3.8) is 0 Å². The van der Waals surface area contributed by atoms with Crippen LogP contribution in [0, 0.1) is 0 Å². The Morgan fingerprint density at radius 1 is 1.16 bits per heavy atom. The summed E-state index contributed by atoms with van der Waals surface area (Å²) in [6.45, 7) is 4.30. The Labute approximate surface area is 193 Å². The molecule has 3 aromatic rings. The Morgan fingerprint density at radius 2 is 1.88 bits per heavy atom. The van der Waals surface area contributed by atoms with Gasteiger partial charge in [-0.1, -0.05) is 62.0 Å². The average Bonchev–Trinajstić information content (AvgIpc) is 3.39. The van der Waals surface area contributed by atoms with E-state index in [1.54, 1.807) is 11.1 Å². The first-order valence-corrected chi connectivity index (χ1v) is 13.5. The Morgan fingerprint density at radius 3 is 2.56 bits per heavy atom. The molecule has 1 amide bonds.